The molecule has 0 fully saturated rings. The first kappa shape index (κ1) is 13.3. The number of halogens is 2. The predicted octanol–water partition coefficient (Wildman–Crippen LogP) is 3.90. The average Bonchev–Trinajstić information content (AvgIpc) is 2.25. The van der Waals surface area contributed by atoms with Crippen LogP contribution in [0.15, 0.2) is 30.0 Å². The zero-order valence-electron chi connectivity index (χ0n) is 9.56. The van der Waals surface area contributed by atoms with Crippen LogP contribution in [0.3, 0.4) is 0 Å². The lowest BCUT2D eigenvalue weighted by atomic mass is 10.1. The lowest BCUT2D eigenvalue weighted by molar-refractivity contribution is -0.431. The van der Waals surface area contributed by atoms with Crippen LogP contribution in [0.25, 0.3) is 6.08 Å². The molecule has 0 spiro atoms. The third-order valence-corrected chi connectivity index (χ3v) is 2.28. The maximum absolute atomic E-state index is 12.4. The summed E-state index contributed by atoms with van der Waals surface area (Å²) in [6.45, 7) is 3.37. The largest absolute Gasteiger partial charge is 0.263 e. The van der Waals surface area contributed by atoms with E-state index in [-0.39, 0.29) is 17.2 Å². The molecule has 0 radical (unpaired) electrons. The molecule has 17 heavy (non-hydrogen) atoms. The molecule has 1 aromatic carbocycles. The molecule has 0 saturated carbocycles. The van der Waals surface area contributed by atoms with Gasteiger partial charge >= 0.3 is 0 Å². The van der Waals surface area contributed by atoms with Crippen LogP contribution in [0.5, 0.6) is 0 Å². The molecule has 0 saturated heterocycles. The molecule has 5 heteroatoms. The van der Waals surface area contributed by atoms with Crippen LogP contribution in [0.2, 0.25) is 0 Å². The van der Waals surface area contributed by atoms with Crippen LogP contribution >= 0.6 is 0 Å². The van der Waals surface area contributed by atoms with Gasteiger partial charge in [0.1, 0.15) is 0 Å². The molecule has 0 aromatic heterocycles. The second-order valence-electron chi connectivity index (χ2n) is 3.95. The van der Waals surface area contributed by atoms with Crippen molar-refractivity contribution in [3.05, 3.63) is 51.2 Å². The second kappa shape index (κ2) is 5.52. The summed E-state index contributed by atoms with van der Waals surface area (Å²) >= 11 is 0. The number of nitrogens with zero attached hydrogens (tertiary/aromatic N) is 1. The number of nitro groups is 1. The highest BCUT2D eigenvalue weighted by atomic mass is 19.3. The van der Waals surface area contributed by atoms with Crippen LogP contribution in [-0.4, -0.2) is 4.92 Å². The molecule has 0 N–H and O–H groups in total. The smallest absolute Gasteiger partial charge is 0.259 e. The van der Waals surface area contributed by atoms with Gasteiger partial charge in [-0.2, -0.15) is 0 Å². The fourth-order valence-corrected chi connectivity index (χ4v) is 1.39. The molecule has 0 heterocycles. The molecule has 0 bridgehead atoms. The minimum absolute atomic E-state index is 0.0106. The van der Waals surface area contributed by atoms with E-state index in [9.17, 15) is 18.9 Å². The maximum atomic E-state index is 12.4. The Labute approximate surface area is 97.9 Å². The second-order valence-corrected chi connectivity index (χ2v) is 3.95. The number of rotatable bonds is 4. The monoisotopic (exact) mass is 241 g/mol. The Morgan fingerprint density at radius 3 is 2.53 bits per heavy atom. The van der Waals surface area contributed by atoms with E-state index in [4.69, 9.17) is 0 Å². The fourth-order valence-electron chi connectivity index (χ4n) is 1.39. The van der Waals surface area contributed by atoms with Crippen molar-refractivity contribution < 1.29 is 13.7 Å². The van der Waals surface area contributed by atoms with Gasteiger partial charge in [-0.25, -0.2) is 8.78 Å². The standard InChI is InChI=1S/C12H13F2NO2/c1-8(2)11(15(16)17)7-9-4-3-5-10(6-9)12(13)14/h3-8,12H,1-2H3/b11-7-. The van der Waals surface area contributed by atoms with Gasteiger partial charge in [-0.3, -0.25) is 10.1 Å². The molecule has 0 unspecified atom stereocenters. The number of alkyl halides is 2. The molecule has 1 rings (SSSR count). The highest BCUT2D eigenvalue weighted by molar-refractivity contribution is 5.52. The molecule has 0 aliphatic rings. The molecule has 0 aliphatic heterocycles. The first-order valence-corrected chi connectivity index (χ1v) is 5.16. The summed E-state index contributed by atoms with van der Waals surface area (Å²) in [4.78, 5) is 10.3. The summed E-state index contributed by atoms with van der Waals surface area (Å²) in [5, 5.41) is 10.8. The molecular weight excluding hydrogens is 228 g/mol. The lowest BCUT2D eigenvalue weighted by Gasteiger charge is -2.03. The Balaban J connectivity index is 3.11. The Bertz CT molecular complexity index is 442. The van der Waals surface area contributed by atoms with Gasteiger partial charge in [-0.15, -0.1) is 0 Å². The van der Waals surface area contributed by atoms with Crippen molar-refractivity contribution >= 4 is 6.08 Å². The maximum Gasteiger partial charge on any atom is 0.263 e. The van der Waals surface area contributed by atoms with E-state index in [1.165, 1.54) is 24.3 Å². The van der Waals surface area contributed by atoms with Crippen molar-refractivity contribution in [2.24, 2.45) is 5.92 Å². The van der Waals surface area contributed by atoms with E-state index in [0.29, 0.717) is 5.56 Å². The number of benzene rings is 1. The van der Waals surface area contributed by atoms with E-state index >= 15 is 0 Å². The molecule has 0 amide bonds. The SMILES string of the molecule is CC(C)/C(=C/c1cccc(C(F)F)c1)[N+](=O)[O-]. The zero-order valence-corrected chi connectivity index (χ0v) is 9.56. The van der Waals surface area contributed by atoms with Gasteiger partial charge in [-0.1, -0.05) is 32.0 Å². The van der Waals surface area contributed by atoms with Crippen LogP contribution in [0.1, 0.15) is 31.4 Å². The van der Waals surface area contributed by atoms with E-state index < -0.39 is 11.3 Å². The predicted molar refractivity (Wildman–Crippen MR) is 61.2 cm³/mol. The van der Waals surface area contributed by atoms with Crippen molar-refractivity contribution in [3.63, 3.8) is 0 Å². The summed E-state index contributed by atoms with van der Waals surface area (Å²) in [6, 6.07) is 5.59. The van der Waals surface area contributed by atoms with Gasteiger partial charge < -0.3 is 0 Å². The van der Waals surface area contributed by atoms with Gasteiger partial charge in [0, 0.05) is 17.6 Å². The van der Waals surface area contributed by atoms with Crippen molar-refractivity contribution in [1.29, 1.82) is 0 Å². The number of hydrogen-bond donors (Lipinski definition) is 0. The quantitative estimate of drug-likeness (QED) is 0.592. The van der Waals surface area contributed by atoms with Crippen molar-refractivity contribution in [2.75, 3.05) is 0 Å². The number of allylic oxidation sites excluding steroid dienone is 1. The third kappa shape index (κ3) is 3.62. The number of hydrogen-bond acceptors (Lipinski definition) is 2. The highest BCUT2D eigenvalue weighted by Gasteiger charge is 2.16. The molecule has 92 valence electrons. The topological polar surface area (TPSA) is 43.1 Å². The lowest BCUT2D eigenvalue weighted by Crippen LogP contribution is -2.05. The summed E-state index contributed by atoms with van der Waals surface area (Å²) in [7, 11) is 0. The summed E-state index contributed by atoms with van der Waals surface area (Å²) < 4.78 is 24.9. The molecule has 1 aromatic rings. The molecule has 3 nitrogen and oxygen atoms in total. The molecular formula is C12H13F2NO2. The minimum atomic E-state index is -2.57. The Morgan fingerprint density at radius 2 is 2.06 bits per heavy atom. The third-order valence-electron chi connectivity index (χ3n) is 2.28. The first-order chi connectivity index (χ1) is 7.91. The van der Waals surface area contributed by atoms with E-state index in [1.807, 2.05) is 0 Å². The van der Waals surface area contributed by atoms with Gasteiger partial charge in [0.05, 0.1) is 4.92 Å². The Hall–Kier alpha value is -1.78. The molecule has 0 atom stereocenters. The normalized spacial score (nSPS) is 12.2. The highest BCUT2D eigenvalue weighted by Crippen LogP contribution is 2.22. The van der Waals surface area contributed by atoms with Gasteiger partial charge in [-0.05, 0) is 11.6 Å². The van der Waals surface area contributed by atoms with Crippen molar-refractivity contribution in [2.45, 2.75) is 20.3 Å². The fraction of sp³-hybridized carbons (Fsp3) is 0.333. The van der Waals surface area contributed by atoms with Crippen molar-refractivity contribution in [1.82, 2.24) is 0 Å². The minimum Gasteiger partial charge on any atom is -0.259 e. The summed E-state index contributed by atoms with van der Waals surface area (Å²) in [5.41, 5.74) is 0.296. The van der Waals surface area contributed by atoms with Crippen LogP contribution < -0.4 is 0 Å². The zero-order chi connectivity index (χ0) is 13.0. The van der Waals surface area contributed by atoms with E-state index in [0.717, 1.165) is 0 Å². The van der Waals surface area contributed by atoms with Gasteiger partial charge in [0.2, 0.25) is 5.70 Å². The Morgan fingerprint density at radius 1 is 1.41 bits per heavy atom. The molecule has 0 aliphatic carbocycles. The van der Waals surface area contributed by atoms with E-state index in [2.05, 4.69) is 0 Å². The van der Waals surface area contributed by atoms with Crippen molar-refractivity contribution in [3.8, 4) is 0 Å². The summed E-state index contributed by atoms with van der Waals surface area (Å²) in [5.74, 6) is -0.264. The van der Waals surface area contributed by atoms with Gasteiger partial charge in [0.15, 0.2) is 0 Å². The summed E-state index contributed by atoms with van der Waals surface area (Å²) in [6.07, 6.45) is -1.24. The van der Waals surface area contributed by atoms with Crippen LogP contribution in [0, 0.1) is 16.0 Å². The van der Waals surface area contributed by atoms with Crippen LogP contribution in [-0.2, 0) is 0 Å². The first-order valence-electron chi connectivity index (χ1n) is 5.16. The van der Waals surface area contributed by atoms with Gasteiger partial charge in [0.25, 0.3) is 6.43 Å². The average molecular weight is 241 g/mol. The Kier molecular flexibility index (Phi) is 4.31. The van der Waals surface area contributed by atoms with Crippen LogP contribution in [0.4, 0.5) is 8.78 Å². The van der Waals surface area contributed by atoms with E-state index in [1.54, 1.807) is 19.9 Å².